The molecule has 0 bridgehead atoms. The second kappa shape index (κ2) is 2.49. The minimum atomic E-state index is 0.224. The second-order valence-corrected chi connectivity index (χ2v) is 3.26. The van der Waals surface area contributed by atoms with Crippen LogP contribution >= 0.6 is 0 Å². The molecule has 1 radical (unpaired) electrons. The van der Waals surface area contributed by atoms with Crippen LogP contribution in [-0.2, 0) is 0 Å². The molecule has 0 aliphatic carbocycles. The fourth-order valence-electron chi connectivity index (χ4n) is 0.433. The zero-order chi connectivity index (χ0) is 6.78. The molecule has 0 heterocycles. The molecule has 2 N–H and O–H groups in total. The van der Waals surface area contributed by atoms with Crippen molar-refractivity contribution < 1.29 is 0 Å². The van der Waals surface area contributed by atoms with Crippen molar-refractivity contribution in [1.82, 2.24) is 0 Å². The Kier molecular flexibility index (Phi) is 2.48. The third-order valence-electron chi connectivity index (χ3n) is 1.42. The van der Waals surface area contributed by atoms with Crippen LogP contribution in [0.15, 0.2) is 0 Å². The van der Waals surface area contributed by atoms with Gasteiger partial charge in [-0.05, 0) is 11.8 Å². The van der Waals surface area contributed by atoms with Gasteiger partial charge in [-0.1, -0.05) is 27.7 Å². The Labute approximate surface area is 52.3 Å². The van der Waals surface area contributed by atoms with Gasteiger partial charge in [-0.2, -0.15) is 0 Å². The fraction of sp³-hybridized carbons (Fsp3) is 0.857. The molecular weight excluding hydrogens is 98.1 g/mol. The highest BCUT2D eigenvalue weighted by Crippen LogP contribution is 2.18. The van der Waals surface area contributed by atoms with Gasteiger partial charge in [0.15, 0.2) is 0 Å². The summed E-state index contributed by atoms with van der Waals surface area (Å²) in [6, 6.07) is 0.238. The van der Waals surface area contributed by atoms with Gasteiger partial charge in [0.2, 0.25) is 0 Å². The summed E-state index contributed by atoms with van der Waals surface area (Å²) in [5.74, 6) is 0. The molecule has 1 unspecified atom stereocenters. The minimum Gasteiger partial charge on any atom is -0.327 e. The Balaban J connectivity index is 3.62. The molecule has 0 aromatic heterocycles. The van der Waals surface area contributed by atoms with E-state index in [4.69, 9.17) is 5.73 Å². The van der Waals surface area contributed by atoms with E-state index < -0.39 is 0 Å². The van der Waals surface area contributed by atoms with Crippen molar-refractivity contribution in [1.29, 1.82) is 0 Å². The number of hydrogen-bond acceptors (Lipinski definition) is 1. The first kappa shape index (κ1) is 7.96. The molecule has 1 heteroatoms. The molecule has 0 saturated heterocycles. The monoisotopic (exact) mass is 114 g/mol. The summed E-state index contributed by atoms with van der Waals surface area (Å²) in [5, 5.41) is 0. The van der Waals surface area contributed by atoms with Crippen molar-refractivity contribution in [2.24, 2.45) is 11.1 Å². The van der Waals surface area contributed by atoms with E-state index in [1.165, 1.54) is 0 Å². The molecular formula is C7H16N. The third-order valence-corrected chi connectivity index (χ3v) is 1.42. The van der Waals surface area contributed by atoms with Crippen LogP contribution in [0.3, 0.4) is 0 Å². The molecule has 0 aromatic carbocycles. The molecule has 0 rings (SSSR count). The molecule has 0 aromatic rings. The maximum atomic E-state index is 5.69. The van der Waals surface area contributed by atoms with Gasteiger partial charge in [0.1, 0.15) is 0 Å². The summed E-state index contributed by atoms with van der Waals surface area (Å²) in [6.07, 6.45) is 0.823. The molecule has 0 saturated carbocycles. The average Bonchev–Trinajstić information content (AvgIpc) is 1.62. The third kappa shape index (κ3) is 2.31. The quantitative estimate of drug-likeness (QED) is 0.550. The van der Waals surface area contributed by atoms with Crippen LogP contribution in [0.4, 0.5) is 0 Å². The van der Waals surface area contributed by atoms with E-state index in [2.05, 4.69) is 27.7 Å². The van der Waals surface area contributed by atoms with Gasteiger partial charge in [0.25, 0.3) is 0 Å². The molecule has 1 atom stereocenters. The van der Waals surface area contributed by atoms with Gasteiger partial charge in [0.05, 0.1) is 0 Å². The zero-order valence-corrected chi connectivity index (χ0v) is 6.07. The molecule has 1 nitrogen and oxygen atoms in total. The fourth-order valence-corrected chi connectivity index (χ4v) is 0.433. The Morgan fingerprint density at radius 2 is 1.88 bits per heavy atom. The first-order valence-corrected chi connectivity index (χ1v) is 3.03. The average molecular weight is 114 g/mol. The van der Waals surface area contributed by atoms with E-state index in [9.17, 15) is 0 Å². The van der Waals surface area contributed by atoms with E-state index in [0.29, 0.717) is 0 Å². The molecule has 0 amide bonds. The van der Waals surface area contributed by atoms with Crippen molar-refractivity contribution in [3.8, 4) is 0 Å². The molecule has 49 valence electrons. The van der Waals surface area contributed by atoms with Gasteiger partial charge in [-0.15, -0.1) is 0 Å². The summed E-state index contributed by atoms with van der Waals surface area (Å²) < 4.78 is 0. The summed E-state index contributed by atoms with van der Waals surface area (Å²) >= 11 is 0. The standard InChI is InChI=1S/C7H16N/c1-5-6(8)7(2,3)4/h6H,1,5,8H2,2-4H3. The van der Waals surface area contributed by atoms with Crippen molar-refractivity contribution in [2.75, 3.05) is 0 Å². The van der Waals surface area contributed by atoms with E-state index in [1.807, 2.05) is 0 Å². The summed E-state index contributed by atoms with van der Waals surface area (Å²) in [7, 11) is 0. The van der Waals surface area contributed by atoms with E-state index >= 15 is 0 Å². The van der Waals surface area contributed by atoms with E-state index in [-0.39, 0.29) is 11.5 Å². The second-order valence-electron chi connectivity index (χ2n) is 3.26. The summed E-state index contributed by atoms with van der Waals surface area (Å²) in [5.41, 5.74) is 5.91. The Hall–Kier alpha value is -0.0400. The highest BCUT2D eigenvalue weighted by Gasteiger charge is 2.17. The van der Waals surface area contributed by atoms with Crippen molar-refractivity contribution in [2.45, 2.75) is 33.2 Å². The topological polar surface area (TPSA) is 26.0 Å². The van der Waals surface area contributed by atoms with Crippen LogP contribution in [0, 0.1) is 12.3 Å². The Morgan fingerprint density at radius 3 is 1.88 bits per heavy atom. The molecule has 0 spiro atoms. The molecule has 8 heavy (non-hydrogen) atoms. The van der Waals surface area contributed by atoms with Crippen molar-refractivity contribution in [3.63, 3.8) is 0 Å². The van der Waals surface area contributed by atoms with Gasteiger partial charge in [-0.3, -0.25) is 0 Å². The van der Waals surface area contributed by atoms with Crippen molar-refractivity contribution >= 4 is 0 Å². The maximum Gasteiger partial charge on any atom is 0.00876 e. The highest BCUT2D eigenvalue weighted by molar-refractivity contribution is 4.76. The van der Waals surface area contributed by atoms with Crippen LogP contribution in [0.2, 0.25) is 0 Å². The lowest BCUT2D eigenvalue weighted by atomic mass is 9.86. The van der Waals surface area contributed by atoms with Crippen LogP contribution in [0.1, 0.15) is 27.2 Å². The first-order valence-electron chi connectivity index (χ1n) is 3.03. The molecule has 0 aliphatic rings. The summed E-state index contributed by atoms with van der Waals surface area (Å²) in [4.78, 5) is 0. The molecule has 0 fully saturated rings. The lowest BCUT2D eigenvalue weighted by Gasteiger charge is -2.25. The van der Waals surface area contributed by atoms with Gasteiger partial charge < -0.3 is 5.73 Å². The number of hydrogen-bond donors (Lipinski definition) is 1. The van der Waals surface area contributed by atoms with Crippen molar-refractivity contribution in [3.05, 3.63) is 6.92 Å². The predicted molar refractivity (Wildman–Crippen MR) is 37.4 cm³/mol. The van der Waals surface area contributed by atoms with Crippen LogP contribution in [-0.4, -0.2) is 6.04 Å². The lowest BCUT2D eigenvalue weighted by molar-refractivity contribution is 0.321. The maximum absolute atomic E-state index is 5.69. The first-order chi connectivity index (χ1) is 3.48. The van der Waals surface area contributed by atoms with E-state index in [0.717, 1.165) is 6.42 Å². The van der Waals surface area contributed by atoms with Crippen LogP contribution in [0.25, 0.3) is 0 Å². The predicted octanol–water partition coefficient (Wildman–Crippen LogP) is 1.58. The minimum absolute atomic E-state index is 0.224. The lowest BCUT2D eigenvalue weighted by Crippen LogP contribution is -2.33. The smallest absolute Gasteiger partial charge is 0.00876 e. The zero-order valence-electron chi connectivity index (χ0n) is 6.07. The molecule has 0 aliphatic heterocycles. The largest absolute Gasteiger partial charge is 0.327 e. The van der Waals surface area contributed by atoms with Crippen LogP contribution in [0.5, 0.6) is 0 Å². The number of rotatable bonds is 1. The van der Waals surface area contributed by atoms with E-state index in [1.54, 1.807) is 0 Å². The van der Waals surface area contributed by atoms with Crippen LogP contribution < -0.4 is 5.73 Å². The SMILES string of the molecule is [CH2]CC(N)C(C)(C)C. The number of nitrogens with two attached hydrogens (primary N) is 1. The van der Waals surface area contributed by atoms with Gasteiger partial charge >= 0.3 is 0 Å². The Morgan fingerprint density at radius 1 is 1.50 bits per heavy atom. The highest BCUT2D eigenvalue weighted by atomic mass is 14.7. The summed E-state index contributed by atoms with van der Waals surface area (Å²) in [6.45, 7) is 10.1. The van der Waals surface area contributed by atoms with Gasteiger partial charge in [0, 0.05) is 6.04 Å². The Bertz CT molecular complexity index is 61.3. The normalized spacial score (nSPS) is 16.1. The van der Waals surface area contributed by atoms with Gasteiger partial charge in [-0.25, -0.2) is 0 Å².